The molecule has 0 radical (unpaired) electrons. The van der Waals surface area contributed by atoms with Gasteiger partial charge < -0.3 is 39.0 Å². The highest BCUT2D eigenvalue weighted by molar-refractivity contribution is 5.78. The Labute approximate surface area is 347 Å². The molecule has 1 saturated heterocycles. The molecule has 3 aromatic rings. The minimum Gasteiger partial charge on any atom is -0.497 e. The number of aliphatic hydroxyl groups is 1. The van der Waals surface area contributed by atoms with Gasteiger partial charge in [0.2, 0.25) is 11.8 Å². The molecular formula is C48H70N2O8. The van der Waals surface area contributed by atoms with E-state index in [1.54, 1.807) is 19.1 Å². The summed E-state index contributed by atoms with van der Waals surface area (Å²) < 4.78 is 29.5. The second-order valence-corrected chi connectivity index (χ2v) is 15.4. The molecule has 1 aliphatic heterocycles. The molecule has 320 valence electrons. The molecule has 1 fully saturated rings. The molecule has 1 heterocycles. The summed E-state index contributed by atoms with van der Waals surface area (Å²) >= 11 is 0. The maximum atomic E-state index is 13.4. The standard InChI is InChI=1S/C48H70N2O8/c1-4-5-6-7-8-9-10-11-12-13-14-15-19-22-46(52)49-31-32-56-33-34-57-38-47(53)50-36-45(35-42(50)37-51)58-48(39-20-17-16-18-21-39,40-23-27-43(54-2)28-24-40)41-25-29-44(55-3)30-26-41/h16-18,20-21,23-30,42,45,51H,4-15,19,22,31-38H2,1-3H3,(H,49,52)/t42-,45+/m0/s1. The average molecular weight is 803 g/mol. The van der Waals surface area contributed by atoms with Crippen LogP contribution in [0.5, 0.6) is 11.5 Å². The second-order valence-electron chi connectivity index (χ2n) is 15.4. The Kier molecular flexibility index (Phi) is 21.7. The number of hydrogen-bond donors (Lipinski definition) is 2. The largest absolute Gasteiger partial charge is 0.497 e. The van der Waals surface area contributed by atoms with Gasteiger partial charge in [-0.25, -0.2) is 0 Å². The van der Waals surface area contributed by atoms with Crippen LogP contribution in [-0.4, -0.2) is 94.3 Å². The topological polar surface area (TPSA) is 116 Å². The number of nitrogens with one attached hydrogen (secondary N) is 1. The van der Waals surface area contributed by atoms with Gasteiger partial charge in [-0.05, 0) is 53.8 Å². The number of methoxy groups -OCH3 is 2. The van der Waals surface area contributed by atoms with Crippen LogP contribution in [0.25, 0.3) is 0 Å². The molecule has 0 spiro atoms. The minimum atomic E-state index is -1.04. The SMILES string of the molecule is CCCCCCCCCCCCCCCC(=O)NCCOCCOCC(=O)N1C[C@H](OC(c2ccccc2)(c2ccc(OC)cc2)c2ccc(OC)cc2)C[C@H]1CO. The highest BCUT2D eigenvalue weighted by Gasteiger charge is 2.44. The van der Waals surface area contributed by atoms with Crippen LogP contribution >= 0.6 is 0 Å². The first-order valence-electron chi connectivity index (χ1n) is 21.8. The van der Waals surface area contributed by atoms with Gasteiger partial charge in [0.25, 0.3) is 0 Å². The third-order valence-corrected chi connectivity index (χ3v) is 11.1. The summed E-state index contributed by atoms with van der Waals surface area (Å²) in [4.78, 5) is 27.3. The fourth-order valence-corrected chi connectivity index (χ4v) is 7.83. The molecule has 0 bridgehead atoms. The normalized spacial score (nSPS) is 15.4. The van der Waals surface area contributed by atoms with E-state index in [1.165, 1.54) is 70.6 Å². The molecule has 10 nitrogen and oxygen atoms in total. The van der Waals surface area contributed by atoms with Crippen molar-refractivity contribution < 1.29 is 38.4 Å². The molecule has 4 rings (SSSR count). The number of unbranched alkanes of at least 4 members (excludes halogenated alkanes) is 12. The predicted molar refractivity (Wildman–Crippen MR) is 229 cm³/mol. The quantitative estimate of drug-likeness (QED) is 0.0509. The number of rotatable bonds is 30. The molecule has 0 aromatic heterocycles. The zero-order valence-electron chi connectivity index (χ0n) is 35.5. The summed E-state index contributed by atoms with van der Waals surface area (Å²) in [6.45, 7) is 3.60. The molecule has 0 aliphatic carbocycles. The number of nitrogens with zero attached hydrogens (tertiary/aromatic N) is 1. The van der Waals surface area contributed by atoms with Gasteiger partial charge in [-0.15, -0.1) is 0 Å². The number of ether oxygens (including phenoxy) is 5. The lowest BCUT2D eigenvalue weighted by atomic mass is 9.79. The van der Waals surface area contributed by atoms with Crippen LogP contribution in [0.4, 0.5) is 0 Å². The number of aliphatic hydroxyl groups excluding tert-OH is 1. The van der Waals surface area contributed by atoms with E-state index in [2.05, 4.69) is 12.2 Å². The van der Waals surface area contributed by atoms with Crippen molar-refractivity contribution in [1.82, 2.24) is 10.2 Å². The number of hydrogen-bond acceptors (Lipinski definition) is 8. The van der Waals surface area contributed by atoms with Crippen molar-refractivity contribution >= 4 is 11.8 Å². The van der Waals surface area contributed by atoms with E-state index in [4.69, 9.17) is 23.7 Å². The monoisotopic (exact) mass is 803 g/mol. The Hall–Kier alpha value is -3.96. The summed E-state index contributed by atoms with van der Waals surface area (Å²) in [5.74, 6) is 1.30. The van der Waals surface area contributed by atoms with Crippen LogP contribution in [0.2, 0.25) is 0 Å². The Morgan fingerprint density at radius 3 is 1.74 bits per heavy atom. The molecule has 0 unspecified atom stereocenters. The summed E-state index contributed by atoms with van der Waals surface area (Å²) in [6.07, 6.45) is 17.3. The van der Waals surface area contributed by atoms with Gasteiger partial charge in [0, 0.05) is 19.5 Å². The zero-order valence-corrected chi connectivity index (χ0v) is 35.5. The van der Waals surface area contributed by atoms with Crippen molar-refractivity contribution in [2.45, 2.75) is 121 Å². The van der Waals surface area contributed by atoms with E-state index in [0.29, 0.717) is 39.1 Å². The van der Waals surface area contributed by atoms with Crippen molar-refractivity contribution in [2.24, 2.45) is 0 Å². The molecule has 2 N–H and O–H groups in total. The number of benzene rings is 3. The van der Waals surface area contributed by atoms with Gasteiger partial charge in [-0.3, -0.25) is 9.59 Å². The molecule has 10 heteroatoms. The minimum absolute atomic E-state index is 0.0638. The Balaban J connectivity index is 1.17. The summed E-state index contributed by atoms with van der Waals surface area (Å²) in [5.41, 5.74) is 1.68. The van der Waals surface area contributed by atoms with Crippen LogP contribution in [0.1, 0.15) is 120 Å². The van der Waals surface area contributed by atoms with E-state index >= 15 is 0 Å². The van der Waals surface area contributed by atoms with E-state index in [9.17, 15) is 14.7 Å². The van der Waals surface area contributed by atoms with E-state index in [0.717, 1.165) is 41.0 Å². The van der Waals surface area contributed by atoms with E-state index in [-0.39, 0.29) is 31.6 Å². The molecular weight excluding hydrogens is 733 g/mol. The predicted octanol–water partition coefficient (Wildman–Crippen LogP) is 8.60. The van der Waals surface area contributed by atoms with E-state index < -0.39 is 17.7 Å². The summed E-state index contributed by atoms with van der Waals surface area (Å²) in [5, 5.41) is 13.3. The van der Waals surface area contributed by atoms with Crippen LogP contribution in [-0.2, 0) is 29.4 Å². The van der Waals surface area contributed by atoms with Crippen LogP contribution < -0.4 is 14.8 Å². The number of carbonyl (C=O) groups excluding carboxylic acids is 2. The summed E-state index contributed by atoms with van der Waals surface area (Å²) in [7, 11) is 3.28. The number of amides is 2. The zero-order chi connectivity index (χ0) is 41.3. The highest BCUT2D eigenvalue weighted by atomic mass is 16.5. The molecule has 0 saturated carbocycles. The van der Waals surface area contributed by atoms with Gasteiger partial charge in [0.15, 0.2) is 0 Å². The van der Waals surface area contributed by atoms with Gasteiger partial charge in [0.1, 0.15) is 23.7 Å². The van der Waals surface area contributed by atoms with Gasteiger partial charge >= 0.3 is 0 Å². The first kappa shape index (κ1) is 46.7. The maximum Gasteiger partial charge on any atom is 0.248 e. The Bertz CT molecular complexity index is 1500. The third-order valence-electron chi connectivity index (χ3n) is 11.1. The van der Waals surface area contributed by atoms with Gasteiger partial charge in [0.05, 0.1) is 52.8 Å². The van der Waals surface area contributed by atoms with E-state index in [1.807, 2.05) is 78.9 Å². The molecule has 1 aliphatic rings. The maximum absolute atomic E-state index is 13.4. The highest BCUT2D eigenvalue weighted by Crippen LogP contribution is 2.44. The Morgan fingerprint density at radius 1 is 0.690 bits per heavy atom. The van der Waals surface area contributed by atoms with Crippen LogP contribution in [0, 0.1) is 0 Å². The summed E-state index contributed by atoms with van der Waals surface area (Å²) in [6, 6.07) is 25.3. The number of likely N-dealkylation sites (tertiary alicyclic amines) is 1. The fraction of sp³-hybridized carbons (Fsp3) is 0.583. The van der Waals surface area contributed by atoms with Gasteiger partial charge in [-0.2, -0.15) is 0 Å². The van der Waals surface area contributed by atoms with Crippen molar-refractivity contribution in [3.63, 3.8) is 0 Å². The lowest BCUT2D eigenvalue weighted by Gasteiger charge is -2.38. The van der Waals surface area contributed by atoms with Crippen molar-refractivity contribution in [1.29, 1.82) is 0 Å². The first-order valence-corrected chi connectivity index (χ1v) is 21.8. The number of carbonyl (C=O) groups is 2. The Morgan fingerprint density at radius 2 is 1.21 bits per heavy atom. The fourth-order valence-electron chi connectivity index (χ4n) is 7.83. The van der Waals surface area contributed by atoms with Crippen LogP contribution in [0.15, 0.2) is 78.9 Å². The molecule has 2 atom stereocenters. The second kappa shape index (κ2) is 26.9. The smallest absolute Gasteiger partial charge is 0.248 e. The van der Waals surface area contributed by atoms with Crippen molar-refractivity contribution in [3.8, 4) is 11.5 Å². The lowest BCUT2D eigenvalue weighted by Crippen LogP contribution is -2.41. The lowest BCUT2D eigenvalue weighted by molar-refractivity contribution is -0.139. The molecule has 2 amide bonds. The molecule has 58 heavy (non-hydrogen) atoms. The van der Waals surface area contributed by atoms with Crippen molar-refractivity contribution in [3.05, 3.63) is 95.6 Å². The van der Waals surface area contributed by atoms with Gasteiger partial charge in [-0.1, -0.05) is 139 Å². The van der Waals surface area contributed by atoms with Crippen molar-refractivity contribution in [2.75, 3.05) is 60.3 Å². The molecule has 3 aromatic carbocycles. The third kappa shape index (κ3) is 15.0. The first-order chi connectivity index (χ1) is 28.4. The van der Waals surface area contributed by atoms with Crippen LogP contribution in [0.3, 0.4) is 0 Å². The average Bonchev–Trinajstić information content (AvgIpc) is 3.68.